The van der Waals surface area contributed by atoms with E-state index in [-0.39, 0.29) is 17.3 Å². The Morgan fingerprint density at radius 2 is 1.91 bits per heavy atom. The van der Waals surface area contributed by atoms with E-state index < -0.39 is 41.2 Å². The molecule has 7 heteroatoms. The van der Waals surface area contributed by atoms with Crippen molar-refractivity contribution in [1.29, 1.82) is 0 Å². The average molecular weight is 462 g/mol. The van der Waals surface area contributed by atoms with E-state index in [4.69, 9.17) is 14.2 Å². The first kappa shape index (κ1) is 23.3. The van der Waals surface area contributed by atoms with Gasteiger partial charge in [0.1, 0.15) is 11.7 Å². The summed E-state index contributed by atoms with van der Waals surface area (Å²) >= 11 is 0. The number of hydrogen-bond acceptors (Lipinski definition) is 6. The van der Waals surface area contributed by atoms with Gasteiger partial charge >= 0.3 is 6.09 Å². The van der Waals surface area contributed by atoms with Crippen LogP contribution in [0.2, 0.25) is 0 Å². The molecule has 1 aliphatic heterocycles. The van der Waals surface area contributed by atoms with Gasteiger partial charge in [0.05, 0.1) is 18.1 Å². The lowest BCUT2D eigenvalue weighted by molar-refractivity contribution is -0.312. The van der Waals surface area contributed by atoms with Gasteiger partial charge in [-0.15, -0.1) is 0 Å². The highest BCUT2D eigenvalue weighted by atomic mass is 16.7. The van der Waals surface area contributed by atoms with Gasteiger partial charge < -0.3 is 29.3 Å². The number of fused-ring (bicyclic) bond motifs is 5. The van der Waals surface area contributed by atoms with E-state index in [0.717, 1.165) is 17.6 Å². The lowest BCUT2D eigenvalue weighted by Crippen LogP contribution is -2.69. The maximum atomic E-state index is 12.8. The molecule has 1 spiro atoms. The minimum Gasteiger partial charge on any atom is -0.438 e. The summed E-state index contributed by atoms with van der Waals surface area (Å²) in [5.41, 5.74) is -0.975. The Labute approximate surface area is 196 Å². The van der Waals surface area contributed by atoms with E-state index in [0.29, 0.717) is 18.4 Å². The highest BCUT2D eigenvalue weighted by Crippen LogP contribution is 2.73. The number of ether oxygens (including phenoxy) is 3. The zero-order chi connectivity index (χ0) is 24.3. The van der Waals surface area contributed by atoms with Crippen LogP contribution >= 0.6 is 0 Å². The molecule has 5 rings (SSSR count). The third kappa shape index (κ3) is 2.85. The Morgan fingerprint density at radius 1 is 1.24 bits per heavy atom. The summed E-state index contributed by atoms with van der Waals surface area (Å²) in [6.45, 7) is 12.5. The molecule has 1 saturated heterocycles. The monoisotopic (exact) mass is 461 g/mol. The van der Waals surface area contributed by atoms with Crippen LogP contribution in [0.1, 0.15) is 48.0 Å². The van der Waals surface area contributed by atoms with Crippen LogP contribution in [0.4, 0.5) is 4.79 Å². The number of aliphatic hydroxyl groups is 2. The van der Waals surface area contributed by atoms with Crippen molar-refractivity contribution in [3.05, 3.63) is 23.3 Å². The number of carbonyl (C=O) groups excluding carboxylic acids is 1. The van der Waals surface area contributed by atoms with Crippen LogP contribution in [0.15, 0.2) is 23.3 Å². The average Bonchev–Trinajstić information content (AvgIpc) is 3.20. The zero-order valence-corrected chi connectivity index (χ0v) is 21.1. The molecule has 0 aromatic heterocycles. The predicted molar refractivity (Wildman–Crippen MR) is 122 cm³/mol. The normalized spacial score (nSPS) is 48.7. The molecule has 184 valence electrons. The SMILES string of the molecule is CC1=C[C@]23C(O)[C@@H](C=C4COC(C)(C)O[C@H]4[C@]2(O)[C@H]1OC(=O)N(C)C)[C@H]1[C@@H](C[C@H]3C)C1(C)C. The Bertz CT molecular complexity index is 937. The molecule has 0 aromatic rings. The molecule has 2 bridgehead atoms. The van der Waals surface area contributed by atoms with E-state index >= 15 is 0 Å². The van der Waals surface area contributed by atoms with Crippen molar-refractivity contribution >= 4 is 6.09 Å². The molecule has 0 aromatic carbocycles. The standard InChI is InChI=1S/C26H39NO6/c1-13-11-25-14(2)9-17-18(23(17,3)4)16(19(25)28)10-15-12-31-24(5,6)33-21(15)26(25,30)20(13)32-22(29)27(7)8/h10-11,14,16-21,28,30H,9,12H2,1-8H3/t14-,16+,17-,18+,19?,20+,21-,25+,26-/m1/s1. The van der Waals surface area contributed by atoms with Gasteiger partial charge in [-0.1, -0.05) is 32.9 Å². The fraction of sp³-hybridized carbons (Fsp3) is 0.808. The topological polar surface area (TPSA) is 88.5 Å². The summed E-state index contributed by atoms with van der Waals surface area (Å²) < 4.78 is 18.4. The second-order valence-corrected chi connectivity index (χ2v) is 12.3. The first-order valence-electron chi connectivity index (χ1n) is 12.2. The minimum absolute atomic E-state index is 0.0444. The van der Waals surface area contributed by atoms with Crippen molar-refractivity contribution < 1.29 is 29.2 Å². The van der Waals surface area contributed by atoms with Crippen LogP contribution in [-0.4, -0.2) is 71.6 Å². The van der Waals surface area contributed by atoms with Gasteiger partial charge in [0, 0.05) is 20.0 Å². The lowest BCUT2D eigenvalue weighted by atomic mass is 9.58. The molecule has 4 aliphatic carbocycles. The molecule has 2 N–H and O–H groups in total. The fourth-order valence-corrected chi connectivity index (χ4v) is 7.81. The smallest absolute Gasteiger partial charge is 0.409 e. The van der Waals surface area contributed by atoms with E-state index in [1.54, 1.807) is 14.1 Å². The zero-order valence-electron chi connectivity index (χ0n) is 21.1. The molecule has 1 heterocycles. The van der Waals surface area contributed by atoms with E-state index in [2.05, 4.69) is 26.8 Å². The number of aliphatic hydroxyl groups excluding tert-OH is 1. The first-order valence-corrected chi connectivity index (χ1v) is 12.2. The van der Waals surface area contributed by atoms with Crippen molar-refractivity contribution in [2.45, 2.75) is 77.7 Å². The summed E-state index contributed by atoms with van der Waals surface area (Å²) in [6, 6.07) is 0. The van der Waals surface area contributed by atoms with Crippen molar-refractivity contribution in [3.8, 4) is 0 Å². The minimum atomic E-state index is -1.66. The van der Waals surface area contributed by atoms with Gasteiger partial charge in [0.2, 0.25) is 0 Å². The van der Waals surface area contributed by atoms with E-state index in [1.807, 2.05) is 26.8 Å². The van der Waals surface area contributed by atoms with E-state index in [1.165, 1.54) is 4.90 Å². The second-order valence-electron chi connectivity index (χ2n) is 12.3. The lowest BCUT2D eigenvalue weighted by Gasteiger charge is -2.55. The predicted octanol–water partition coefficient (Wildman–Crippen LogP) is 3.11. The van der Waals surface area contributed by atoms with Gasteiger partial charge in [-0.25, -0.2) is 4.79 Å². The highest BCUT2D eigenvalue weighted by Gasteiger charge is 2.77. The summed E-state index contributed by atoms with van der Waals surface area (Å²) in [7, 11) is 3.24. The molecule has 5 aliphatic rings. The Morgan fingerprint density at radius 3 is 2.55 bits per heavy atom. The van der Waals surface area contributed by atoms with Gasteiger partial charge in [-0.2, -0.15) is 0 Å². The first-order chi connectivity index (χ1) is 15.2. The second kappa shape index (κ2) is 6.84. The number of amides is 1. The van der Waals surface area contributed by atoms with Crippen LogP contribution in [0, 0.1) is 34.5 Å². The molecule has 7 nitrogen and oxygen atoms in total. The fourth-order valence-electron chi connectivity index (χ4n) is 7.81. The Balaban J connectivity index is 1.72. The third-order valence-electron chi connectivity index (χ3n) is 9.52. The van der Waals surface area contributed by atoms with Gasteiger partial charge in [-0.3, -0.25) is 0 Å². The Kier molecular flexibility index (Phi) is 4.84. The highest BCUT2D eigenvalue weighted by molar-refractivity contribution is 5.68. The molecule has 3 fully saturated rings. The summed E-state index contributed by atoms with van der Waals surface area (Å²) in [5, 5.41) is 25.0. The summed E-state index contributed by atoms with van der Waals surface area (Å²) in [4.78, 5) is 14.1. The molecule has 9 atom stereocenters. The molecule has 33 heavy (non-hydrogen) atoms. The largest absolute Gasteiger partial charge is 0.438 e. The van der Waals surface area contributed by atoms with Gasteiger partial charge in [0.15, 0.2) is 11.9 Å². The van der Waals surface area contributed by atoms with Crippen LogP contribution in [0.25, 0.3) is 0 Å². The molecule has 1 unspecified atom stereocenters. The number of rotatable bonds is 1. The molecule has 0 radical (unpaired) electrons. The Hall–Kier alpha value is -1.41. The van der Waals surface area contributed by atoms with Crippen LogP contribution in [0.3, 0.4) is 0 Å². The van der Waals surface area contributed by atoms with Crippen molar-refractivity contribution in [1.82, 2.24) is 4.90 Å². The van der Waals surface area contributed by atoms with Crippen molar-refractivity contribution in [2.24, 2.45) is 34.5 Å². The van der Waals surface area contributed by atoms with E-state index in [9.17, 15) is 15.0 Å². The third-order valence-corrected chi connectivity index (χ3v) is 9.52. The summed E-state index contributed by atoms with van der Waals surface area (Å²) in [6.07, 6.45) is 1.93. The van der Waals surface area contributed by atoms with Crippen LogP contribution < -0.4 is 0 Å². The summed E-state index contributed by atoms with van der Waals surface area (Å²) in [5.74, 6) is -0.324. The maximum Gasteiger partial charge on any atom is 0.409 e. The van der Waals surface area contributed by atoms with Gasteiger partial charge in [0.25, 0.3) is 0 Å². The maximum absolute atomic E-state index is 12.8. The molecular weight excluding hydrogens is 422 g/mol. The molecule has 1 amide bonds. The van der Waals surface area contributed by atoms with Crippen molar-refractivity contribution in [2.75, 3.05) is 20.7 Å². The number of hydrogen-bond donors (Lipinski definition) is 2. The van der Waals surface area contributed by atoms with Crippen LogP contribution in [0.5, 0.6) is 0 Å². The van der Waals surface area contributed by atoms with Crippen LogP contribution in [-0.2, 0) is 14.2 Å². The quantitative estimate of drug-likeness (QED) is 0.584. The number of nitrogens with zero attached hydrogens (tertiary/aromatic N) is 1. The number of carbonyl (C=O) groups is 1. The molecular formula is C26H39NO6. The van der Waals surface area contributed by atoms with Gasteiger partial charge in [-0.05, 0) is 61.5 Å². The van der Waals surface area contributed by atoms with Crippen molar-refractivity contribution in [3.63, 3.8) is 0 Å². The molecule has 2 saturated carbocycles.